The highest BCUT2D eigenvalue weighted by atomic mass is 19.1. The van der Waals surface area contributed by atoms with Gasteiger partial charge in [0.2, 0.25) is 0 Å². The molecule has 2 aromatic rings. The molecule has 0 saturated carbocycles. The molecule has 27 heavy (non-hydrogen) atoms. The third-order valence-corrected chi connectivity index (χ3v) is 5.67. The molecule has 2 N–H and O–H groups in total. The highest BCUT2D eigenvalue weighted by Gasteiger charge is 2.32. The van der Waals surface area contributed by atoms with Crippen molar-refractivity contribution in [2.24, 2.45) is 5.92 Å². The van der Waals surface area contributed by atoms with Gasteiger partial charge in [-0.05, 0) is 67.1 Å². The summed E-state index contributed by atoms with van der Waals surface area (Å²) >= 11 is 0. The van der Waals surface area contributed by atoms with Crippen LogP contribution in [0.3, 0.4) is 0 Å². The van der Waals surface area contributed by atoms with Crippen molar-refractivity contribution >= 4 is 6.03 Å². The van der Waals surface area contributed by atoms with Crippen LogP contribution in [0.2, 0.25) is 0 Å². The number of rotatable bonds is 3. The van der Waals surface area contributed by atoms with Gasteiger partial charge in [-0.2, -0.15) is 0 Å². The van der Waals surface area contributed by atoms with Gasteiger partial charge in [0, 0.05) is 13.1 Å². The van der Waals surface area contributed by atoms with Gasteiger partial charge < -0.3 is 15.5 Å². The summed E-state index contributed by atoms with van der Waals surface area (Å²) in [5.41, 5.74) is 3.33. The van der Waals surface area contributed by atoms with Crippen LogP contribution < -0.4 is 10.6 Å². The molecule has 0 aromatic heterocycles. The number of nitrogens with zero attached hydrogens (tertiary/aromatic N) is 1. The van der Waals surface area contributed by atoms with E-state index in [4.69, 9.17) is 0 Å². The largest absolute Gasteiger partial charge is 0.338 e. The molecule has 0 unspecified atom stereocenters. The summed E-state index contributed by atoms with van der Waals surface area (Å²) in [5.74, 6) is 0.229. The minimum atomic E-state index is -0.261. The first-order valence-electron chi connectivity index (χ1n) is 9.81. The normalized spacial score (nSPS) is 22.2. The van der Waals surface area contributed by atoms with E-state index in [0.29, 0.717) is 19.0 Å². The Balaban J connectivity index is 1.56. The van der Waals surface area contributed by atoms with Crippen molar-refractivity contribution in [1.82, 2.24) is 15.5 Å². The first kappa shape index (κ1) is 18.0. The van der Waals surface area contributed by atoms with Crippen molar-refractivity contribution in [1.29, 1.82) is 0 Å². The van der Waals surface area contributed by atoms with Crippen LogP contribution >= 0.6 is 0 Å². The lowest BCUT2D eigenvalue weighted by atomic mass is 9.88. The number of hydrogen-bond donors (Lipinski definition) is 2. The Kier molecular flexibility index (Phi) is 5.39. The lowest BCUT2D eigenvalue weighted by molar-refractivity contribution is 0.177. The maximum Gasteiger partial charge on any atom is 0.318 e. The molecular formula is C22H26FN3O. The molecule has 0 bridgehead atoms. The molecule has 0 radical (unpaired) electrons. The highest BCUT2D eigenvalue weighted by molar-refractivity contribution is 5.76. The molecule has 4 nitrogen and oxygen atoms in total. The van der Waals surface area contributed by atoms with E-state index in [2.05, 4.69) is 22.8 Å². The van der Waals surface area contributed by atoms with Crippen LogP contribution in [0.15, 0.2) is 48.5 Å². The smallest absolute Gasteiger partial charge is 0.318 e. The van der Waals surface area contributed by atoms with Crippen molar-refractivity contribution in [3.05, 3.63) is 71.0 Å². The summed E-state index contributed by atoms with van der Waals surface area (Å²) in [6, 6.07) is 14.5. The Morgan fingerprint density at radius 3 is 2.78 bits per heavy atom. The summed E-state index contributed by atoms with van der Waals surface area (Å²) < 4.78 is 13.4. The standard InChI is InChI=1S/C22H26FN3O/c23-19-9-7-18(8-10-19)21-20-6-2-1-5-17(20)11-13-26(21)22(27)25-15-16-4-3-12-24-14-16/h1-2,5-10,16,21,24H,3-4,11-15H2,(H,25,27)/t16-,21+/m1/s1. The molecule has 2 aromatic carbocycles. The number of halogens is 1. The zero-order valence-electron chi connectivity index (χ0n) is 15.5. The highest BCUT2D eigenvalue weighted by Crippen LogP contribution is 2.35. The summed E-state index contributed by atoms with van der Waals surface area (Å²) in [7, 11) is 0. The average Bonchev–Trinajstić information content (AvgIpc) is 2.72. The van der Waals surface area contributed by atoms with Crippen LogP contribution in [0.25, 0.3) is 0 Å². The van der Waals surface area contributed by atoms with Crippen LogP contribution in [0.5, 0.6) is 0 Å². The Bertz CT molecular complexity index is 786. The summed E-state index contributed by atoms with van der Waals surface area (Å²) in [4.78, 5) is 14.9. The monoisotopic (exact) mass is 367 g/mol. The lowest BCUT2D eigenvalue weighted by Crippen LogP contribution is -2.48. The van der Waals surface area contributed by atoms with E-state index in [1.54, 1.807) is 12.1 Å². The molecule has 4 rings (SSSR count). The van der Waals surface area contributed by atoms with Gasteiger partial charge in [0.15, 0.2) is 0 Å². The molecule has 0 spiro atoms. The van der Waals surface area contributed by atoms with E-state index in [1.807, 2.05) is 17.0 Å². The van der Waals surface area contributed by atoms with Gasteiger partial charge >= 0.3 is 6.03 Å². The van der Waals surface area contributed by atoms with E-state index in [-0.39, 0.29) is 17.9 Å². The number of nitrogens with one attached hydrogen (secondary N) is 2. The molecule has 0 aliphatic carbocycles. The zero-order chi connectivity index (χ0) is 18.6. The van der Waals surface area contributed by atoms with Crippen molar-refractivity contribution < 1.29 is 9.18 Å². The number of benzene rings is 2. The third kappa shape index (κ3) is 3.98. The van der Waals surface area contributed by atoms with Crippen molar-refractivity contribution in [3.63, 3.8) is 0 Å². The molecule has 2 aliphatic heterocycles. The SMILES string of the molecule is O=C(NC[C@@H]1CCCNC1)N1CCc2ccccc2[C@@H]1c1ccc(F)cc1. The Morgan fingerprint density at radius 2 is 2.00 bits per heavy atom. The minimum absolute atomic E-state index is 0.0376. The number of piperidine rings is 1. The fourth-order valence-corrected chi connectivity index (χ4v) is 4.22. The molecule has 2 aliphatic rings. The van der Waals surface area contributed by atoms with E-state index >= 15 is 0 Å². The number of hydrogen-bond acceptors (Lipinski definition) is 2. The second kappa shape index (κ2) is 8.09. The zero-order valence-corrected chi connectivity index (χ0v) is 15.5. The van der Waals surface area contributed by atoms with Gasteiger partial charge in [0.25, 0.3) is 0 Å². The molecule has 1 fully saturated rings. The number of amides is 2. The first-order chi connectivity index (χ1) is 13.2. The number of carbonyl (C=O) groups is 1. The third-order valence-electron chi connectivity index (χ3n) is 5.67. The van der Waals surface area contributed by atoms with Crippen LogP contribution in [0, 0.1) is 11.7 Å². The predicted octanol–water partition coefficient (Wildman–Crippen LogP) is 3.48. The van der Waals surface area contributed by atoms with Crippen LogP contribution in [-0.4, -0.2) is 37.1 Å². The molecule has 5 heteroatoms. The maximum atomic E-state index is 13.4. The van der Waals surface area contributed by atoms with E-state index in [1.165, 1.54) is 17.7 Å². The fraction of sp³-hybridized carbons (Fsp3) is 0.409. The van der Waals surface area contributed by atoms with Gasteiger partial charge in [0.1, 0.15) is 5.82 Å². The molecule has 142 valence electrons. The fourth-order valence-electron chi connectivity index (χ4n) is 4.22. The van der Waals surface area contributed by atoms with Crippen molar-refractivity contribution in [3.8, 4) is 0 Å². The molecule has 1 saturated heterocycles. The van der Waals surface area contributed by atoms with Crippen molar-refractivity contribution in [2.75, 3.05) is 26.2 Å². The Morgan fingerprint density at radius 1 is 1.19 bits per heavy atom. The Hall–Kier alpha value is -2.40. The number of carbonyl (C=O) groups excluding carboxylic acids is 1. The minimum Gasteiger partial charge on any atom is -0.338 e. The van der Waals surface area contributed by atoms with E-state index in [0.717, 1.165) is 43.5 Å². The topological polar surface area (TPSA) is 44.4 Å². The quantitative estimate of drug-likeness (QED) is 0.872. The molecular weight excluding hydrogens is 341 g/mol. The van der Waals surface area contributed by atoms with Crippen LogP contribution in [-0.2, 0) is 6.42 Å². The van der Waals surface area contributed by atoms with Gasteiger partial charge in [-0.25, -0.2) is 9.18 Å². The number of fused-ring (bicyclic) bond motifs is 1. The second-order valence-electron chi connectivity index (χ2n) is 7.49. The van der Waals surface area contributed by atoms with Crippen LogP contribution in [0.1, 0.15) is 35.6 Å². The van der Waals surface area contributed by atoms with Gasteiger partial charge in [-0.3, -0.25) is 0 Å². The molecule has 2 amide bonds. The van der Waals surface area contributed by atoms with Crippen LogP contribution in [0.4, 0.5) is 9.18 Å². The summed E-state index contributed by atoms with van der Waals surface area (Å²) in [6.07, 6.45) is 3.15. The van der Waals surface area contributed by atoms with Gasteiger partial charge in [-0.15, -0.1) is 0 Å². The summed E-state index contributed by atoms with van der Waals surface area (Å²) in [5, 5.41) is 6.53. The maximum absolute atomic E-state index is 13.4. The molecule has 2 atom stereocenters. The van der Waals surface area contributed by atoms with E-state index in [9.17, 15) is 9.18 Å². The summed E-state index contributed by atoms with van der Waals surface area (Å²) in [6.45, 7) is 3.39. The average molecular weight is 367 g/mol. The second-order valence-corrected chi connectivity index (χ2v) is 7.49. The number of urea groups is 1. The van der Waals surface area contributed by atoms with Crippen molar-refractivity contribution in [2.45, 2.75) is 25.3 Å². The van der Waals surface area contributed by atoms with Gasteiger partial charge in [-0.1, -0.05) is 36.4 Å². The Labute approximate surface area is 159 Å². The lowest BCUT2D eigenvalue weighted by Gasteiger charge is -2.38. The predicted molar refractivity (Wildman–Crippen MR) is 104 cm³/mol. The first-order valence-corrected chi connectivity index (χ1v) is 9.81. The van der Waals surface area contributed by atoms with E-state index < -0.39 is 0 Å². The molecule has 2 heterocycles. The van der Waals surface area contributed by atoms with Gasteiger partial charge in [0.05, 0.1) is 6.04 Å².